The van der Waals surface area contributed by atoms with Crippen molar-refractivity contribution < 1.29 is 14.1 Å². The third kappa shape index (κ3) is 4.60. The molecule has 0 spiro atoms. The van der Waals surface area contributed by atoms with Crippen molar-refractivity contribution in [3.8, 4) is 17.3 Å². The van der Waals surface area contributed by atoms with Crippen LogP contribution in [0.2, 0.25) is 5.02 Å². The minimum atomic E-state index is -0.555. The van der Waals surface area contributed by atoms with Crippen LogP contribution in [0.1, 0.15) is 0 Å². The largest absolute Gasteiger partial charge is 0.461 e. The number of halogens is 1. The number of para-hydroxylation sites is 1. The molecule has 0 bridgehead atoms. The minimum Gasteiger partial charge on any atom is -0.461 e. The molecule has 2 heterocycles. The molecule has 0 unspecified atom stereocenters. The Bertz CT molecular complexity index is 1230. The summed E-state index contributed by atoms with van der Waals surface area (Å²) in [5, 5.41) is 22.5. The van der Waals surface area contributed by atoms with E-state index in [1.807, 2.05) is 30.3 Å². The molecule has 31 heavy (non-hydrogen) atoms. The van der Waals surface area contributed by atoms with Crippen molar-refractivity contribution in [1.29, 1.82) is 0 Å². The second kappa shape index (κ2) is 9.02. The standard InChI is InChI=1S/C20H14ClN5O4S/c21-15-11-14(26(28)29)8-9-16(15)22-18(27)12-31-20-24-23-19(17-7-4-10-30-17)25(20)13-5-2-1-3-6-13/h1-11H,12H2,(H,22,27). The SMILES string of the molecule is O=C(CSc1nnc(-c2ccco2)n1-c1ccccc1)Nc1ccc([N+](=O)[O-])cc1Cl. The lowest BCUT2D eigenvalue weighted by atomic mass is 10.3. The predicted octanol–water partition coefficient (Wildman–Crippen LogP) is 4.82. The van der Waals surface area contributed by atoms with Gasteiger partial charge in [0.1, 0.15) is 0 Å². The highest BCUT2D eigenvalue weighted by Crippen LogP contribution is 2.29. The zero-order valence-electron chi connectivity index (χ0n) is 15.8. The fourth-order valence-electron chi connectivity index (χ4n) is 2.77. The molecule has 11 heteroatoms. The van der Waals surface area contributed by atoms with E-state index in [0.717, 1.165) is 5.69 Å². The lowest BCUT2D eigenvalue weighted by Gasteiger charge is -2.10. The van der Waals surface area contributed by atoms with Crippen LogP contribution in [0.15, 0.2) is 76.5 Å². The fraction of sp³-hybridized carbons (Fsp3) is 0.0500. The molecule has 0 aliphatic carbocycles. The molecule has 0 saturated heterocycles. The van der Waals surface area contributed by atoms with Crippen LogP contribution in [0, 0.1) is 10.1 Å². The Labute approximate surface area is 185 Å². The number of furan rings is 1. The monoisotopic (exact) mass is 455 g/mol. The van der Waals surface area contributed by atoms with E-state index < -0.39 is 4.92 Å². The molecule has 0 radical (unpaired) electrons. The number of benzene rings is 2. The van der Waals surface area contributed by atoms with Gasteiger partial charge >= 0.3 is 0 Å². The Balaban J connectivity index is 1.52. The summed E-state index contributed by atoms with van der Waals surface area (Å²) in [4.78, 5) is 22.7. The van der Waals surface area contributed by atoms with Crippen LogP contribution >= 0.6 is 23.4 Å². The molecular weight excluding hydrogens is 442 g/mol. The van der Waals surface area contributed by atoms with Crippen LogP contribution in [0.25, 0.3) is 17.3 Å². The number of rotatable bonds is 7. The van der Waals surface area contributed by atoms with E-state index in [1.54, 1.807) is 23.0 Å². The average Bonchev–Trinajstić information content (AvgIpc) is 3.44. The number of thioether (sulfide) groups is 1. The van der Waals surface area contributed by atoms with Crippen molar-refractivity contribution in [3.05, 3.63) is 82.1 Å². The second-order valence-corrected chi connectivity index (χ2v) is 7.56. The zero-order chi connectivity index (χ0) is 21.8. The van der Waals surface area contributed by atoms with Gasteiger partial charge in [0.25, 0.3) is 5.69 Å². The van der Waals surface area contributed by atoms with E-state index in [0.29, 0.717) is 22.4 Å². The molecule has 2 aromatic heterocycles. The van der Waals surface area contributed by atoms with Crippen LogP contribution in [-0.4, -0.2) is 31.3 Å². The first kappa shape index (κ1) is 20.6. The minimum absolute atomic E-state index is 0.0242. The van der Waals surface area contributed by atoms with E-state index >= 15 is 0 Å². The Morgan fingerprint density at radius 2 is 1.97 bits per heavy atom. The highest BCUT2D eigenvalue weighted by atomic mass is 35.5. The summed E-state index contributed by atoms with van der Waals surface area (Å²) in [5.74, 6) is 0.738. The summed E-state index contributed by atoms with van der Waals surface area (Å²) in [7, 11) is 0. The molecule has 9 nitrogen and oxygen atoms in total. The molecule has 1 amide bonds. The van der Waals surface area contributed by atoms with Crippen LogP contribution in [0.4, 0.5) is 11.4 Å². The van der Waals surface area contributed by atoms with E-state index in [9.17, 15) is 14.9 Å². The Morgan fingerprint density at radius 1 is 1.16 bits per heavy atom. The van der Waals surface area contributed by atoms with Gasteiger partial charge in [0.2, 0.25) is 11.7 Å². The molecule has 0 saturated carbocycles. The number of amides is 1. The number of hydrogen-bond acceptors (Lipinski definition) is 7. The topological polar surface area (TPSA) is 116 Å². The van der Waals surface area contributed by atoms with E-state index in [4.69, 9.17) is 16.0 Å². The Kier molecular flexibility index (Phi) is 6.01. The van der Waals surface area contributed by atoms with Crippen molar-refractivity contribution in [3.63, 3.8) is 0 Å². The first-order valence-corrected chi connectivity index (χ1v) is 10.3. The molecule has 4 rings (SSSR count). The van der Waals surface area contributed by atoms with Gasteiger partial charge in [0.15, 0.2) is 10.9 Å². The number of non-ortho nitro benzene ring substituents is 1. The van der Waals surface area contributed by atoms with Crippen molar-refractivity contribution in [2.75, 3.05) is 11.1 Å². The van der Waals surface area contributed by atoms with Crippen LogP contribution in [0.5, 0.6) is 0 Å². The third-order valence-corrected chi connectivity index (χ3v) is 5.40. The highest BCUT2D eigenvalue weighted by molar-refractivity contribution is 7.99. The number of hydrogen-bond donors (Lipinski definition) is 1. The van der Waals surface area contributed by atoms with E-state index in [2.05, 4.69) is 15.5 Å². The van der Waals surface area contributed by atoms with E-state index in [-0.39, 0.29) is 22.4 Å². The van der Waals surface area contributed by atoms with Crippen molar-refractivity contribution in [1.82, 2.24) is 14.8 Å². The Morgan fingerprint density at radius 3 is 2.65 bits per heavy atom. The van der Waals surface area contributed by atoms with Gasteiger partial charge in [-0.15, -0.1) is 10.2 Å². The smallest absolute Gasteiger partial charge is 0.271 e. The molecule has 2 aromatic carbocycles. The van der Waals surface area contributed by atoms with Crippen LogP contribution in [0.3, 0.4) is 0 Å². The molecule has 0 atom stereocenters. The number of carbonyl (C=O) groups is 1. The van der Waals surface area contributed by atoms with Gasteiger partial charge in [-0.1, -0.05) is 41.6 Å². The first-order chi connectivity index (χ1) is 15.0. The molecular formula is C20H14ClN5O4S. The average molecular weight is 456 g/mol. The normalized spacial score (nSPS) is 10.7. The van der Waals surface area contributed by atoms with Gasteiger partial charge in [-0.3, -0.25) is 19.5 Å². The maximum Gasteiger partial charge on any atom is 0.271 e. The molecule has 0 fully saturated rings. The van der Waals surface area contributed by atoms with Gasteiger partial charge in [-0.05, 0) is 30.3 Å². The third-order valence-electron chi connectivity index (χ3n) is 4.16. The first-order valence-electron chi connectivity index (χ1n) is 8.94. The van der Waals surface area contributed by atoms with Gasteiger partial charge < -0.3 is 9.73 Å². The maximum atomic E-state index is 12.4. The number of carbonyl (C=O) groups excluding carboxylic acids is 1. The number of nitro benzene ring substituents is 1. The Hall–Kier alpha value is -3.63. The van der Waals surface area contributed by atoms with Crippen molar-refractivity contribution in [2.45, 2.75) is 5.16 Å². The van der Waals surface area contributed by atoms with Gasteiger partial charge in [0.05, 0.1) is 27.6 Å². The predicted molar refractivity (Wildman–Crippen MR) is 117 cm³/mol. The summed E-state index contributed by atoms with van der Waals surface area (Å²) >= 11 is 7.22. The number of anilines is 1. The lowest BCUT2D eigenvalue weighted by Crippen LogP contribution is -2.15. The zero-order valence-corrected chi connectivity index (χ0v) is 17.3. The van der Waals surface area contributed by atoms with Gasteiger partial charge in [-0.25, -0.2) is 0 Å². The fourth-order valence-corrected chi connectivity index (χ4v) is 3.75. The maximum absolute atomic E-state index is 12.4. The molecule has 4 aromatic rings. The summed E-state index contributed by atoms with van der Waals surface area (Å²) in [6.07, 6.45) is 1.55. The number of nitrogens with one attached hydrogen (secondary N) is 1. The highest BCUT2D eigenvalue weighted by Gasteiger charge is 2.19. The lowest BCUT2D eigenvalue weighted by molar-refractivity contribution is -0.384. The van der Waals surface area contributed by atoms with Crippen molar-refractivity contribution in [2.24, 2.45) is 0 Å². The number of nitrogens with zero attached hydrogens (tertiary/aromatic N) is 4. The quantitative estimate of drug-likeness (QED) is 0.241. The number of aromatic nitrogens is 3. The molecule has 0 aliphatic rings. The summed E-state index contributed by atoms with van der Waals surface area (Å²) < 4.78 is 7.27. The molecule has 156 valence electrons. The van der Waals surface area contributed by atoms with E-state index in [1.165, 1.54) is 30.0 Å². The van der Waals surface area contributed by atoms with Gasteiger partial charge in [0, 0.05) is 17.8 Å². The van der Waals surface area contributed by atoms with Gasteiger partial charge in [-0.2, -0.15) is 0 Å². The number of nitro groups is 1. The molecule has 1 N–H and O–H groups in total. The summed E-state index contributed by atoms with van der Waals surface area (Å²) in [6, 6.07) is 16.9. The van der Waals surface area contributed by atoms with Crippen LogP contribution in [-0.2, 0) is 4.79 Å². The van der Waals surface area contributed by atoms with Crippen LogP contribution < -0.4 is 5.32 Å². The summed E-state index contributed by atoms with van der Waals surface area (Å²) in [5.41, 5.74) is 0.956. The van der Waals surface area contributed by atoms with Crippen molar-refractivity contribution >= 4 is 40.6 Å². The summed E-state index contributed by atoms with van der Waals surface area (Å²) in [6.45, 7) is 0. The molecule has 0 aliphatic heterocycles. The second-order valence-electron chi connectivity index (χ2n) is 6.21.